The van der Waals surface area contributed by atoms with Crippen molar-refractivity contribution in [2.45, 2.75) is 20.4 Å². The summed E-state index contributed by atoms with van der Waals surface area (Å²) in [6.45, 7) is 6.16. The van der Waals surface area contributed by atoms with E-state index in [2.05, 4.69) is 24.3 Å². The molecule has 2 aromatic rings. The summed E-state index contributed by atoms with van der Waals surface area (Å²) in [7, 11) is 1.92. The summed E-state index contributed by atoms with van der Waals surface area (Å²) in [5, 5.41) is 9.08. The second-order valence-electron chi connectivity index (χ2n) is 5.33. The third-order valence-electron chi connectivity index (χ3n) is 2.97. The van der Waals surface area contributed by atoms with Gasteiger partial charge in [0.15, 0.2) is 0 Å². The van der Waals surface area contributed by atoms with Gasteiger partial charge >= 0.3 is 0 Å². The number of halogens is 2. The summed E-state index contributed by atoms with van der Waals surface area (Å²) in [5.74, 6) is 0.625. The number of aromatic nitrogens is 2. The molecule has 0 radical (unpaired) electrons. The first-order valence-corrected chi connectivity index (χ1v) is 7.41. The minimum atomic E-state index is 0.552. The van der Waals surface area contributed by atoms with Crippen LogP contribution in [0.3, 0.4) is 0 Å². The fourth-order valence-electron chi connectivity index (χ4n) is 2.05. The van der Waals surface area contributed by atoms with E-state index in [-0.39, 0.29) is 0 Å². The molecule has 20 heavy (non-hydrogen) atoms. The zero-order valence-corrected chi connectivity index (χ0v) is 13.5. The molecular weight excluding hydrogens is 293 g/mol. The molecule has 0 bridgehead atoms. The minimum absolute atomic E-state index is 0.552. The van der Waals surface area contributed by atoms with Crippen LogP contribution in [0.5, 0.6) is 0 Å². The maximum Gasteiger partial charge on any atom is 0.0968 e. The number of hydrogen-bond acceptors (Lipinski definition) is 2. The van der Waals surface area contributed by atoms with Crippen LogP contribution in [0.25, 0.3) is 11.3 Å². The highest BCUT2D eigenvalue weighted by molar-refractivity contribution is 6.42. The molecule has 0 spiro atoms. The molecule has 1 N–H and O–H groups in total. The molecule has 0 atom stereocenters. The Kier molecular flexibility index (Phi) is 5.08. The van der Waals surface area contributed by atoms with E-state index in [1.807, 2.05) is 30.1 Å². The molecule has 0 amide bonds. The number of hydrogen-bond donors (Lipinski definition) is 1. The second kappa shape index (κ2) is 6.61. The van der Waals surface area contributed by atoms with Crippen LogP contribution >= 0.6 is 23.2 Å². The topological polar surface area (TPSA) is 29.9 Å². The van der Waals surface area contributed by atoms with Gasteiger partial charge in [-0.1, -0.05) is 43.1 Å². The van der Waals surface area contributed by atoms with Gasteiger partial charge < -0.3 is 5.32 Å². The van der Waals surface area contributed by atoms with Gasteiger partial charge in [0.05, 0.1) is 15.7 Å². The van der Waals surface area contributed by atoms with E-state index in [0.717, 1.165) is 29.9 Å². The molecule has 0 saturated carbocycles. The number of aryl methyl sites for hydroxylation is 1. The Labute approximate surface area is 129 Å². The van der Waals surface area contributed by atoms with Gasteiger partial charge in [-0.3, -0.25) is 4.68 Å². The lowest BCUT2D eigenvalue weighted by Crippen LogP contribution is -2.19. The largest absolute Gasteiger partial charge is 0.312 e. The number of nitrogens with one attached hydrogen (secondary N) is 1. The number of rotatable bonds is 5. The lowest BCUT2D eigenvalue weighted by atomic mass is 10.1. The molecule has 0 aliphatic rings. The zero-order valence-electron chi connectivity index (χ0n) is 12.0. The summed E-state index contributed by atoms with van der Waals surface area (Å²) in [6.07, 6.45) is 2.03. The van der Waals surface area contributed by atoms with Gasteiger partial charge in [-0.2, -0.15) is 5.10 Å². The first kappa shape index (κ1) is 15.4. The van der Waals surface area contributed by atoms with Crippen LogP contribution in [-0.4, -0.2) is 16.3 Å². The Hall–Kier alpha value is -1.03. The van der Waals surface area contributed by atoms with Crippen molar-refractivity contribution >= 4 is 23.2 Å². The van der Waals surface area contributed by atoms with Crippen LogP contribution in [0, 0.1) is 5.92 Å². The molecule has 3 nitrogen and oxygen atoms in total. The Balaban J connectivity index is 2.24. The standard InChI is InChI=1S/C15H19Cl2N3/c1-10(2)7-18-8-12-9-20(3)19-15(12)11-4-5-13(16)14(17)6-11/h4-6,9-10,18H,7-8H2,1-3H3. The first-order chi connectivity index (χ1) is 9.47. The van der Waals surface area contributed by atoms with E-state index < -0.39 is 0 Å². The maximum atomic E-state index is 6.09. The van der Waals surface area contributed by atoms with Crippen LogP contribution < -0.4 is 5.32 Å². The van der Waals surface area contributed by atoms with Crippen molar-refractivity contribution in [2.75, 3.05) is 6.54 Å². The van der Waals surface area contributed by atoms with Crippen LogP contribution in [0.2, 0.25) is 10.0 Å². The highest BCUT2D eigenvalue weighted by Crippen LogP contribution is 2.29. The molecule has 0 fully saturated rings. The van der Waals surface area contributed by atoms with E-state index in [1.54, 1.807) is 6.07 Å². The van der Waals surface area contributed by atoms with Crippen LogP contribution in [0.4, 0.5) is 0 Å². The Morgan fingerprint density at radius 3 is 2.65 bits per heavy atom. The molecular formula is C15H19Cl2N3. The summed E-state index contributed by atoms with van der Waals surface area (Å²) in [6, 6.07) is 5.61. The molecule has 1 aromatic carbocycles. The van der Waals surface area contributed by atoms with Gasteiger partial charge in [-0.25, -0.2) is 0 Å². The van der Waals surface area contributed by atoms with Gasteiger partial charge in [0.2, 0.25) is 0 Å². The summed E-state index contributed by atoms with van der Waals surface area (Å²) < 4.78 is 1.82. The molecule has 0 aliphatic carbocycles. The van der Waals surface area contributed by atoms with Gasteiger partial charge in [0.1, 0.15) is 0 Å². The molecule has 1 aromatic heterocycles. The van der Waals surface area contributed by atoms with E-state index in [4.69, 9.17) is 23.2 Å². The normalized spacial score (nSPS) is 11.3. The van der Waals surface area contributed by atoms with Gasteiger partial charge in [-0.05, 0) is 24.6 Å². The van der Waals surface area contributed by atoms with Crippen molar-refractivity contribution in [1.29, 1.82) is 0 Å². The fraction of sp³-hybridized carbons (Fsp3) is 0.400. The lowest BCUT2D eigenvalue weighted by molar-refractivity contribution is 0.552. The average molecular weight is 312 g/mol. The Bertz CT molecular complexity index is 591. The Morgan fingerprint density at radius 1 is 1.25 bits per heavy atom. The lowest BCUT2D eigenvalue weighted by Gasteiger charge is -2.08. The van der Waals surface area contributed by atoms with E-state index in [1.165, 1.54) is 0 Å². The van der Waals surface area contributed by atoms with Crippen molar-refractivity contribution in [2.24, 2.45) is 13.0 Å². The van der Waals surface area contributed by atoms with Gasteiger partial charge in [0, 0.05) is 30.9 Å². The first-order valence-electron chi connectivity index (χ1n) is 6.66. The third-order valence-corrected chi connectivity index (χ3v) is 3.70. The second-order valence-corrected chi connectivity index (χ2v) is 6.14. The molecule has 5 heteroatoms. The molecule has 0 saturated heterocycles. The number of benzene rings is 1. The fourth-order valence-corrected chi connectivity index (χ4v) is 2.35. The van der Waals surface area contributed by atoms with Crippen LogP contribution in [0.1, 0.15) is 19.4 Å². The van der Waals surface area contributed by atoms with Crippen LogP contribution in [0.15, 0.2) is 24.4 Å². The summed E-state index contributed by atoms with van der Waals surface area (Å²) in [4.78, 5) is 0. The van der Waals surface area contributed by atoms with Gasteiger partial charge in [-0.15, -0.1) is 0 Å². The minimum Gasteiger partial charge on any atom is -0.312 e. The third kappa shape index (κ3) is 3.75. The molecule has 1 heterocycles. The highest BCUT2D eigenvalue weighted by Gasteiger charge is 2.11. The Morgan fingerprint density at radius 2 is 2.00 bits per heavy atom. The van der Waals surface area contributed by atoms with Gasteiger partial charge in [0.25, 0.3) is 0 Å². The summed E-state index contributed by atoms with van der Waals surface area (Å²) >= 11 is 12.0. The maximum absolute atomic E-state index is 6.09. The van der Waals surface area contributed by atoms with Crippen LogP contribution in [-0.2, 0) is 13.6 Å². The SMILES string of the molecule is CC(C)CNCc1cn(C)nc1-c1ccc(Cl)c(Cl)c1. The van der Waals surface area contributed by atoms with Crippen molar-refractivity contribution in [3.8, 4) is 11.3 Å². The average Bonchev–Trinajstić information content (AvgIpc) is 2.73. The van der Waals surface area contributed by atoms with Crippen molar-refractivity contribution < 1.29 is 0 Å². The van der Waals surface area contributed by atoms with Crippen molar-refractivity contribution in [1.82, 2.24) is 15.1 Å². The molecule has 2 rings (SSSR count). The molecule has 0 unspecified atom stereocenters. The quantitative estimate of drug-likeness (QED) is 0.899. The monoisotopic (exact) mass is 311 g/mol. The predicted molar refractivity (Wildman–Crippen MR) is 85.2 cm³/mol. The van der Waals surface area contributed by atoms with E-state index >= 15 is 0 Å². The molecule has 0 aliphatic heterocycles. The van der Waals surface area contributed by atoms with E-state index in [9.17, 15) is 0 Å². The van der Waals surface area contributed by atoms with Crippen molar-refractivity contribution in [3.63, 3.8) is 0 Å². The molecule has 108 valence electrons. The van der Waals surface area contributed by atoms with E-state index in [0.29, 0.717) is 16.0 Å². The highest BCUT2D eigenvalue weighted by atomic mass is 35.5. The number of nitrogens with zero attached hydrogens (tertiary/aromatic N) is 2. The smallest absolute Gasteiger partial charge is 0.0968 e. The summed E-state index contributed by atoms with van der Waals surface area (Å²) in [5.41, 5.74) is 3.09. The van der Waals surface area contributed by atoms with Crippen molar-refractivity contribution in [3.05, 3.63) is 40.0 Å². The predicted octanol–water partition coefficient (Wildman–Crippen LogP) is 4.14. The zero-order chi connectivity index (χ0) is 14.7.